The lowest BCUT2D eigenvalue weighted by molar-refractivity contribution is 1.27. The average molecular weight is 963 g/mol. The van der Waals surface area contributed by atoms with Crippen molar-refractivity contribution in [3.05, 3.63) is 289 Å². The van der Waals surface area contributed by atoms with Crippen molar-refractivity contribution in [3.8, 4) is 55.6 Å². The van der Waals surface area contributed by atoms with Crippen LogP contribution in [-0.4, -0.2) is 0 Å². The highest BCUT2D eigenvalue weighted by molar-refractivity contribution is 6.13. The maximum absolute atomic E-state index is 2.41. The van der Waals surface area contributed by atoms with Crippen LogP contribution in [0.5, 0.6) is 0 Å². The normalized spacial score (nSPS) is 11.3. The molecule has 0 bridgehead atoms. The second kappa shape index (κ2) is 20.0. The number of rotatable bonds is 11. The van der Waals surface area contributed by atoms with Gasteiger partial charge in [-0.25, -0.2) is 0 Å². The minimum Gasteiger partial charge on any atom is -0.311 e. The third-order valence-electron chi connectivity index (χ3n) is 14.9. The zero-order chi connectivity index (χ0) is 51.0. The zero-order valence-corrected chi connectivity index (χ0v) is 43.2. The number of hydrogen-bond acceptors (Lipinski definition) is 2. The Morgan fingerprint density at radius 1 is 0.213 bits per heavy atom. The number of nitrogens with zero attached hydrogens (tertiary/aromatic N) is 2. The van der Waals surface area contributed by atoms with Crippen LogP contribution < -0.4 is 9.80 Å². The zero-order valence-electron chi connectivity index (χ0n) is 43.2. The fourth-order valence-corrected chi connectivity index (χ4v) is 10.9. The molecule has 2 heteroatoms. The van der Waals surface area contributed by atoms with Crippen molar-refractivity contribution in [2.24, 2.45) is 0 Å². The predicted octanol–water partition coefficient (Wildman–Crippen LogP) is 20.8. The largest absolute Gasteiger partial charge is 0.311 e. The lowest BCUT2D eigenvalue weighted by Crippen LogP contribution is -2.09. The van der Waals surface area contributed by atoms with Gasteiger partial charge in [0.2, 0.25) is 0 Å². The van der Waals surface area contributed by atoms with Crippen LogP contribution in [0.15, 0.2) is 261 Å². The van der Waals surface area contributed by atoms with Gasteiger partial charge in [-0.1, -0.05) is 210 Å². The molecule has 0 saturated heterocycles. The molecule has 0 aliphatic heterocycles. The van der Waals surface area contributed by atoms with Crippen LogP contribution in [0.25, 0.3) is 77.2 Å². The molecule has 12 aromatic carbocycles. The maximum Gasteiger partial charge on any atom is 0.0462 e. The van der Waals surface area contributed by atoms with Crippen molar-refractivity contribution in [3.63, 3.8) is 0 Å². The van der Waals surface area contributed by atoms with Gasteiger partial charge in [0.15, 0.2) is 0 Å². The molecule has 0 radical (unpaired) electrons. The van der Waals surface area contributed by atoms with Crippen molar-refractivity contribution in [2.45, 2.75) is 34.6 Å². The van der Waals surface area contributed by atoms with E-state index in [-0.39, 0.29) is 0 Å². The van der Waals surface area contributed by atoms with Gasteiger partial charge < -0.3 is 9.80 Å². The van der Waals surface area contributed by atoms with Crippen molar-refractivity contribution in [1.29, 1.82) is 0 Å². The third-order valence-corrected chi connectivity index (χ3v) is 14.9. The number of benzene rings is 12. The van der Waals surface area contributed by atoms with Gasteiger partial charge in [0.05, 0.1) is 0 Å². The molecule has 360 valence electrons. The van der Waals surface area contributed by atoms with E-state index in [4.69, 9.17) is 0 Å². The van der Waals surface area contributed by atoms with Crippen LogP contribution in [-0.2, 0) is 0 Å². The van der Waals surface area contributed by atoms with E-state index in [1.165, 1.54) is 105 Å². The van der Waals surface area contributed by atoms with Gasteiger partial charge in [0.25, 0.3) is 0 Å². The van der Waals surface area contributed by atoms with E-state index >= 15 is 0 Å². The molecule has 0 fully saturated rings. The molecule has 0 aromatic heterocycles. The predicted molar refractivity (Wildman–Crippen MR) is 322 cm³/mol. The van der Waals surface area contributed by atoms with Gasteiger partial charge in [-0.3, -0.25) is 0 Å². The first-order chi connectivity index (χ1) is 36.7. The number of aryl methyl sites for hydroxylation is 5. The molecule has 0 spiro atoms. The summed E-state index contributed by atoms with van der Waals surface area (Å²) in [5, 5.41) is 5.01. The Kier molecular flexibility index (Phi) is 12.5. The first kappa shape index (κ1) is 46.8. The molecule has 0 amide bonds. The summed E-state index contributed by atoms with van der Waals surface area (Å²) in [6.07, 6.45) is 0. The standard InChI is InChI=1S/C73H58N2/c1-49-16-30-60(31-17-49)74(62-34-22-56(23-35-62)54-12-8-6-9-13-54)64-38-26-58(27-39-64)66-44-45-68(67-42-20-51(3)46-71(66)67)73-53(5)48-70(72-47-52(4)21-43-69(72)73)59-28-40-65(41-29-59)75(61-32-18-50(2)19-33-61)63-36-24-57(25-37-63)55-14-10-7-11-15-55/h6-48H,1-5H3. The summed E-state index contributed by atoms with van der Waals surface area (Å²) in [5.74, 6) is 0. The second-order valence-corrected chi connectivity index (χ2v) is 20.1. The number of fused-ring (bicyclic) bond motifs is 2. The second-order valence-electron chi connectivity index (χ2n) is 20.1. The van der Waals surface area contributed by atoms with Crippen molar-refractivity contribution >= 4 is 55.7 Å². The highest BCUT2D eigenvalue weighted by Gasteiger charge is 2.20. The summed E-state index contributed by atoms with van der Waals surface area (Å²) in [4.78, 5) is 4.70. The summed E-state index contributed by atoms with van der Waals surface area (Å²) in [5.41, 5.74) is 25.1. The Balaban J connectivity index is 0.901. The van der Waals surface area contributed by atoms with Gasteiger partial charge in [0, 0.05) is 34.1 Å². The summed E-state index contributed by atoms with van der Waals surface area (Å²) >= 11 is 0. The fourth-order valence-electron chi connectivity index (χ4n) is 10.9. The topological polar surface area (TPSA) is 6.48 Å². The van der Waals surface area contributed by atoms with Crippen LogP contribution in [0.4, 0.5) is 34.1 Å². The SMILES string of the molecule is Cc1ccc(N(c2ccc(-c3ccccc3)cc2)c2ccc(-c3ccc(-c4c(C)cc(-c5ccc(N(c6ccc(C)cc6)c6ccc(-c7ccccc7)cc6)cc5)c5cc(C)ccc45)c4ccc(C)cc34)cc2)cc1. The van der Waals surface area contributed by atoms with Crippen LogP contribution in [0, 0.1) is 34.6 Å². The summed E-state index contributed by atoms with van der Waals surface area (Å²) in [7, 11) is 0. The average Bonchev–Trinajstić information content (AvgIpc) is 3.46. The van der Waals surface area contributed by atoms with Gasteiger partial charge in [-0.2, -0.15) is 0 Å². The quantitative estimate of drug-likeness (QED) is 0.127. The molecule has 0 aliphatic carbocycles. The lowest BCUT2D eigenvalue weighted by Gasteiger charge is -2.26. The van der Waals surface area contributed by atoms with Gasteiger partial charge >= 0.3 is 0 Å². The van der Waals surface area contributed by atoms with Crippen LogP contribution in [0.2, 0.25) is 0 Å². The molecule has 0 unspecified atom stereocenters. The molecular weight excluding hydrogens is 905 g/mol. The van der Waals surface area contributed by atoms with E-state index in [1.54, 1.807) is 0 Å². The molecule has 0 atom stereocenters. The highest BCUT2D eigenvalue weighted by Crippen LogP contribution is 2.45. The molecule has 12 rings (SSSR count). The first-order valence-corrected chi connectivity index (χ1v) is 26.1. The van der Waals surface area contributed by atoms with E-state index in [0.29, 0.717) is 0 Å². The van der Waals surface area contributed by atoms with E-state index in [2.05, 4.69) is 305 Å². The van der Waals surface area contributed by atoms with Crippen LogP contribution in [0.3, 0.4) is 0 Å². The van der Waals surface area contributed by atoms with Gasteiger partial charge in [-0.05, 0) is 190 Å². The number of anilines is 6. The molecule has 2 nitrogen and oxygen atoms in total. The molecule has 0 N–H and O–H groups in total. The van der Waals surface area contributed by atoms with Crippen molar-refractivity contribution < 1.29 is 0 Å². The van der Waals surface area contributed by atoms with Crippen molar-refractivity contribution in [1.82, 2.24) is 0 Å². The monoisotopic (exact) mass is 962 g/mol. The Labute approximate surface area is 442 Å². The lowest BCUT2D eigenvalue weighted by atomic mass is 9.84. The molecule has 0 heterocycles. The molecular formula is C73H58N2. The summed E-state index contributed by atoms with van der Waals surface area (Å²) < 4.78 is 0. The maximum atomic E-state index is 2.41. The Hall–Kier alpha value is -9.24. The minimum absolute atomic E-state index is 1.11. The Morgan fingerprint density at radius 2 is 0.533 bits per heavy atom. The Bertz CT molecular complexity index is 3970. The van der Waals surface area contributed by atoms with E-state index < -0.39 is 0 Å². The molecule has 75 heavy (non-hydrogen) atoms. The molecule has 12 aromatic rings. The van der Waals surface area contributed by atoms with Crippen LogP contribution >= 0.6 is 0 Å². The van der Waals surface area contributed by atoms with Crippen LogP contribution in [0.1, 0.15) is 27.8 Å². The third kappa shape index (κ3) is 9.28. The smallest absolute Gasteiger partial charge is 0.0462 e. The molecule has 0 saturated carbocycles. The van der Waals surface area contributed by atoms with Gasteiger partial charge in [-0.15, -0.1) is 0 Å². The Morgan fingerprint density at radius 3 is 0.960 bits per heavy atom. The van der Waals surface area contributed by atoms with E-state index in [0.717, 1.165) is 34.1 Å². The van der Waals surface area contributed by atoms with E-state index in [9.17, 15) is 0 Å². The fraction of sp³-hybridized carbons (Fsp3) is 0.0685. The first-order valence-electron chi connectivity index (χ1n) is 26.1. The summed E-state index contributed by atoms with van der Waals surface area (Å²) in [6, 6.07) is 95.9. The number of hydrogen-bond donors (Lipinski definition) is 0. The van der Waals surface area contributed by atoms with Crippen molar-refractivity contribution in [2.75, 3.05) is 9.80 Å². The van der Waals surface area contributed by atoms with E-state index in [1.807, 2.05) is 0 Å². The highest BCUT2D eigenvalue weighted by atomic mass is 15.1. The molecule has 0 aliphatic rings. The summed E-state index contributed by atoms with van der Waals surface area (Å²) in [6.45, 7) is 11.0. The minimum atomic E-state index is 1.11. The van der Waals surface area contributed by atoms with Gasteiger partial charge in [0.1, 0.15) is 0 Å².